The number of carbonyl (C=O) groups is 1. The van der Waals surface area contributed by atoms with E-state index in [0.717, 1.165) is 0 Å². The maximum atomic E-state index is 12.1. The van der Waals surface area contributed by atoms with Crippen LogP contribution in [0.25, 0.3) is 0 Å². The summed E-state index contributed by atoms with van der Waals surface area (Å²) in [6, 6.07) is 1.14. The second-order valence-corrected chi connectivity index (χ2v) is 6.15. The van der Waals surface area contributed by atoms with Crippen LogP contribution in [0.3, 0.4) is 0 Å². The number of Topliss-reactive ketones (excluding diaryl/α,β-unsaturated/α-hetero) is 1. The number of rotatable bonds is 4. The second-order valence-electron chi connectivity index (χ2n) is 4.95. The highest BCUT2D eigenvalue weighted by atomic mass is 35.5. The van der Waals surface area contributed by atoms with Gasteiger partial charge in [0.25, 0.3) is 0 Å². The molecule has 0 fully saturated rings. The molecule has 124 valence electrons. The number of halogens is 2. The smallest absolute Gasteiger partial charge is 0.171 e. The first-order valence-electron chi connectivity index (χ1n) is 6.70. The van der Waals surface area contributed by atoms with Gasteiger partial charge in [0.1, 0.15) is 10.8 Å². The van der Waals surface area contributed by atoms with Crippen molar-refractivity contribution in [2.24, 2.45) is 0 Å². The Morgan fingerprint density at radius 3 is 2.39 bits per heavy atom. The molecule has 23 heavy (non-hydrogen) atoms. The number of benzene rings is 1. The van der Waals surface area contributed by atoms with Crippen LogP contribution in [0, 0.1) is 0 Å². The van der Waals surface area contributed by atoms with Crippen LogP contribution < -0.4 is 20.1 Å². The van der Waals surface area contributed by atoms with E-state index in [9.17, 15) is 4.79 Å². The monoisotopic (exact) mass is 374 g/mol. The van der Waals surface area contributed by atoms with E-state index >= 15 is 0 Å². The molecule has 8 heteroatoms. The highest BCUT2D eigenvalue weighted by Crippen LogP contribution is 2.46. The minimum atomic E-state index is -0.517. The third kappa shape index (κ3) is 3.24. The molecule has 0 aliphatic carbocycles. The fourth-order valence-corrected chi connectivity index (χ4v) is 3.58. The lowest BCUT2D eigenvalue weighted by Crippen LogP contribution is -2.44. The van der Waals surface area contributed by atoms with Crippen molar-refractivity contribution in [1.82, 2.24) is 10.6 Å². The van der Waals surface area contributed by atoms with Crippen LogP contribution >= 0.6 is 35.4 Å². The second kappa shape index (κ2) is 6.95. The molecular weight excluding hydrogens is 359 g/mol. The number of methoxy groups -OCH3 is 2. The van der Waals surface area contributed by atoms with Crippen molar-refractivity contribution in [2.75, 3.05) is 14.2 Å². The number of allylic oxidation sites excluding steroid dienone is 1. The van der Waals surface area contributed by atoms with Crippen LogP contribution in [-0.2, 0) is 4.79 Å². The Bertz CT molecular complexity index is 719. The molecular formula is C15H16Cl2N2O3S. The Balaban J connectivity index is 2.71. The summed E-state index contributed by atoms with van der Waals surface area (Å²) < 4.78 is 10.6. The van der Waals surface area contributed by atoms with E-state index < -0.39 is 6.04 Å². The van der Waals surface area contributed by atoms with Gasteiger partial charge in [-0.2, -0.15) is 0 Å². The molecule has 0 saturated heterocycles. The minimum absolute atomic E-state index is 0.0971. The van der Waals surface area contributed by atoms with Crippen molar-refractivity contribution in [1.29, 1.82) is 0 Å². The number of hydrogen-bond acceptors (Lipinski definition) is 4. The molecule has 1 aromatic rings. The minimum Gasteiger partial charge on any atom is -0.495 e. The van der Waals surface area contributed by atoms with Crippen molar-refractivity contribution >= 4 is 46.3 Å². The SMILES string of the molecule is COc1c(Cl)cc(C2NC(=S)NC(C)=C2C(C)=O)c(OC)c1Cl. The van der Waals surface area contributed by atoms with Crippen molar-refractivity contribution in [3.63, 3.8) is 0 Å². The molecule has 5 nitrogen and oxygen atoms in total. The summed E-state index contributed by atoms with van der Waals surface area (Å²) >= 11 is 17.8. The molecule has 0 spiro atoms. The van der Waals surface area contributed by atoms with E-state index in [-0.39, 0.29) is 10.8 Å². The number of ketones is 1. The number of ether oxygens (including phenoxy) is 2. The quantitative estimate of drug-likeness (QED) is 0.787. The summed E-state index contributed by atoms with van der Waals surface area (Å²) in [4.78, 5) is 12.1. The van der Waals surface area contributed by atoms with Crippen LogP contribution in [0.2, 0.25) is 10.0 Å². The molecule has 2 rings (SSSR count). The molecule has 0 bridgehead atoms. The van der Waals surface area contributed by atoms with Gasteiger partial charge in [-0.3, -0.25) is 4.79 Å². The number of nitrogens with one attached hydrogen (secondary N) is 2. The normalized spacial score (nSPS) is 17.5. The summed E-state index contributed by atoms with van der Waals surface area (Å²) in [6.07, 6.45) is 0. The van der Waals surface area contributed by atoms with Gasteiger partial charge in [-0.15, -0.1) is 0 Å². The van der Waals surface area contributed by atoms with Crippen LogP contribution in [0.4, 0.5) is 0 Å². The molecule has 0 aromatic heterocycles. The lowest BCUT2D eigenvalue weighted by atomic mass is 9.92. The zero-order chi connectivity index (χ0) is 17.3. The van der Waals surface area contributed by atoms with E-state index in [4.69, 9.17) is 44.9 Å². The predicted octanol–water partition coefficient (Wildman–Crippen LogP) is 3.39. The van der Waals surface area contributed by atoms with Crippen molar-refractivity contribution in [3.05, 3.63) is 32.9 Å². The standard InChI is InChI=1S/C15H16Cl2N2O3S/c1-6-10(7(2)20)12(19-15(23)18-6)8-5-9(16)14(22-4)11(17)13(8)21-3/h5,12H,1-4H3,(H2,18,19,23). The number of carbonyl (C=O) groups excluding carboxylic acids is 1. The predicted molar refractivity (Wildman–Crippen MR) is 94.6 cm³/mol. The van der Waals surface area contributed by atoms with Crippen LogP contribution in [0.15, 0.2) is 17.3 Å². The zero-order valence-corrected chi connectivity index (χ0v) is 15.4. The fourth-order valence-electron chi connectivity index (χ4n) is 2.61. The molecule has 0 amide bonds. The average molecular weight is 375 g/mol. The molecule has 1 heterocycles. The molecule has 1 aromatic carbocycles. The van der Waals surface area contributed by atoms with Gasteiger partial charge >= 0.3 is 0 Å². The topological polar surface area (TPSA) is 59.6 Å². The largest absolute Gasteiger partial charge is 0.495 e. The Morgan fingerprint density at radius 2 is 1.87 bits per heavy atom. The first-order valence-corrected chi connectivity index (χ1v) is 7.87. The van der Waals surface area contributed by atoms with Gasteiger partial charge in [-0.05, 0) is 32.1 Å². The Labute approximate surface area is 149 Å². The lowest BCUT2D eigenvalue weighted by Gasteiger charge is -2.31. The maximum Gasteiger partial charge on any atom is 0.171 e. The number of thiocarbonyl (C=S) groups is 1. The highest BCUT2D eigenvalue weighted by molar-refractivity contribution is 7.80. The van der Waals surface area contributed by atoms with E-state index in [1.54, 1.807) is 13.0 Å². The third-order valence-corrected chi connectivity index (χ3v) is 4.37. The van der Waals surface area contributed by atoms with Crippen LogP contribution in [0.5, 0.6) is 11.5 Å². The van der Waals surface area contributed by atoms with Gasteiger partial charge in [0, 0.05) is 16.8 Å². The van der Waals surface area contributed by atoms with Crippen molar-refractivity contribution in [3.8, 4) is 11.5 Å². The highest BCUT2D eigenvalue weighted by Gasteiger charge is 2.32. The van der Waals surface area contributed by atoms with Crippen molar-refractivity contribution < 1.29 is 14.3 Å². The summed E-state index contributed by atoms with van der Waals surface area (Å²) in [5.41, 5.74) is 1.82. The maximum absolute atomic E-state index is 12.1. The van der Waals surface area contributed by atoms with E-state index in [0.29, 0.717) is 38.5 Å². The van der Waals surface area contributed by atoms with Gasteiger partial charge in [0.15, 0.2) is 16.6 Å². The lowest BCUT2D eigenvalue weighted by molar-refractivity contribution is -0.114. The number of hydrogen-bond donors (Lipinski definition) is 2. The van der Waals surface area contributed by atoms with Gasteiger partial charge in [-0.1, -0.05) is 23.2 Å². The molecule has 0 saturated carbocycles. The average Bonchev–Trinajstić information content (AvgIpc) is 2.45. The molecule has 0 radical (unpaired) electrons. The first kappa shape index (κ1) is 17.8. The molecule has 1 aliphatic heterocycles. The van der Waals surface area contributed by atoms with Crippen LogP contribution in [-0.4, -0.2) is 25.1 Å². The van der Waals surface area contributed by atoms with E-state index in [2.05, 4.69) is 10.6 Å². The molecule has 1 atom stereocenters. The van der Waals surface area contributed by atoms with Crippen LogP contribution in [0.1, 0.15) is 25.5 Å². The Hall–Kier alpha value is -1.50. The third-order valence-electron chi connectivity index (χ3n) is 3.53. The van der Waals surface area contributed by atoms with E-state index in [1.807, 2.05) is 0 Å². The van der Waals surface area contributed by atoms with Crippen molar-refractivity contribution in [2.45, 2.75) is 19.9 Å². The van der Waals surface area contributed by atoms with Gasteiger partial charge in [-0.25, -0.2) is 0 Å². The fraction of sp³-hybridized carbons (Fsp3) is 0.333. The van der Waals surface area contributed by atoms with E-state index in [1.165, 1.54) is 21.1 Å². The summed E-state index contributed by atoms with van der Waals surface area (Å²) in [6.45, 7) is 3.28. The molecule has 1 unspecified atom stereocenters. The first-order chi connectivity index (χ1) is 10.8. The Morgan fingerprint density at radius 1 is 1.26 bits per heavy atom. The van der Waals surface area contributed by atoms with Gasteiger partial charge in [0.2, 0.25) is 0 Å². The zero-order valence-electron chi connectivity index (χ0n) is 13.0. The van der Waals surface area contributed by atoms with Gasteiger partial charge in [0.05, 0.1) is 25.3 Å². The summed E-state index contributed by atoms with van der Waals surface area (Å²) in [5, 5.41) is 6.98. The summed E-state index contributed by atoms with van der Waals surface area (Å²) in [5.74, 6) is 0.595. The summed E-state index contributed by atoms with van der Waals surface area (Å²) in [7, 11) is 2.95. The molecule has 1 aliphatic rings. The van der Waals surface area contributed by atoms with Gasteiger partial charge < -0.3 is 20.1 Å². The Kier molecular flexibility index (Phi) is 5.39. The molecule has 2 N–H and O–H groups in total.